The van der Waals surface area contributed by atoms with Crippen LogP contribution in [0.15, 0.2) is 60.7 Å². The highest BCUT2D eigenvalue weighted by atomic mass is 31.1. The molecule has 1 amide bonds. The van der Waals surface area contributed by atoms with Gasteiger partial charge in [-0.05, 0) is 11.1 Å². The Balaban J connectivity index is 1.94. The lowest BCUT2D eigenvalue weighted by atomic mass is 10.2. The van der Waals surface area contributed by atoms with E-state index in [1.54, 1.807) is 24.3 Å². The Morgan fingerprint density at radius 3 is 2.10 bits per heavy atom. The van der Waals surface area contributed by atoms with Gasteiger partial charge in [-0.1, -0.05) is 60.7 Å². The molecule has 0 aliphatic rings. The van der Waals surface area contributed by atoms with E-state index in [4.69, 9.17) is 14.6 Å². The number of alkyl carbamates (subject to hydrolysis) is 1. The Morgan fingerprint density at radius 1 is 1.00 bits per heavy atom. The van der Waals surface area contributed by atoms with Crippen LogP contribution in [0.5, 0.6) is 0 Å². The number of aliphatic hydroxyl groups is 1. The Morgan fingerprint density at radius 2 is 1.55 bits per heavy atom. The van der Waals surface area contributed by atoms with Crippen molar-refractivity contribution in [2.45, 2.75) is 25.7 Å². The maximum atomic E-state index is 12.4. The van der Waals surface area contributed by atoms with Crippen LogP contribution in [0, 0.1) is 0 Å². The van der Waals surface area contributed by atoms with Gasteiger partial charge in [0.15, 0.2) is 6.79 Å². The molecule has 0 heterocycles. The molecule has 8 nitrogen and oxygen atoms in total. The van der Waals surface area contributed by atoms with Crippen molar-refractivity contribution in [3.63, 3.8) is 0 Å². The summed E-state index contributed by atoms with van der Waals surface area (Å²) in [7, 11) is -2.28. The van der Waals surface area contributed by atoms with E-state index in [2.05, 4.69) is 9.84 Å². The second kappa shape index (κ2) is 12.6. The van der Waals surface area contributed by atoms with Gasteiger partial charge >= 0.3 is 12.1 Å². The Kier molecular flexibility index (Phi) is 9.82. The van der Waals surface area contributed by atoms with Gasteiger partial charge in [-0.3, -0.25) is 0 Å². The summed E-state index contributed by atoms with van der Waals surface area (Å²) in [5.41, 5.74) is 1.57. The quantitative estimate of drug-likeness (QED) is 0.343. The predicted molar refractivity (Wildman–Crippen MR) is 106 cm³/mol. The number of hydrogen-bond acceptors (Lipinski definition) is 7. The molecule has 0 radical (unpaired) electrons. The molecule has 0 aromatic heterocycles. The zero-order valence-electron chi connectivity index (χ0n) is 15.6. The molecule has 0 spiro atoms. The van der Waals surface area contributed by atoms with Crippen molar-refractivity contribution in [3.8, 4) is 0 Å². The van der Waals surface area contributed by atoms with Crippen LogP contribution in [-0.4, -0.2) is 35.8 Å². The van der Waals surface area contributed by atoms with Gasteiger partial charge in [0.05, 0.1) is 0 Å². The van der Waals surface area contributed by atoms with Crippen LogP contribution in [0.4, 0.5) is 4.79 Å². The number of rotatable bonds is 10. The fourth-order valence-corrected chi connectivity index (χ4v) is 2.85. The van der Waals surface area contributed by atoms with Crippen molar-refractivity contribution in [2.24, 2.45) is 0 Å². The van der Waals surface area contributed by atoms with Crippen molar-refractivity contribution >= 4 is 25.9 Å². The number of hydrogen-bond donors (Lipinski definition) is 2. The number of ether oxygens (including phenoxy) is 2. The molecule has 0 bridgehead atoms. The molecule has 2 aromatic rings. The molecule has 2 N–H and O–H groups in total. The molecule has 154 valence electrons. The van der Waals surface area contributed by atoms with E-state index >= 15 is 0 Å². The minimum absolute atomic E-state index is 0.0240. The van der Waals surface area contributed by atoms with E-state index < -0.39 is 32.9 Å². The summed E-state index contributed by atoms with van der Waals surface area (Å²) in [6, 6.07) is 17.0. The highest BCUT2D eigenvalue weighted by Gasteiger charge is 2.23. The van der Waals surface area contributed by atoms with Gasteiger partial charge < -0.3 is 24.8 Å². The second-order valence-corrected chi connectivity index (χ2v) is 7.01. The molecule has 29 heavy (non-hydrogen) atoms. The van der Waals surface area contributed by atoms with Crippen LogP contribution in [0.25, 0.3) is 0 Å². The van der Waals surface area contributed by atoms with Crippen LogP contribution in [0.1, 0.15) is 17.5 Å². The zero-order valence-corrected chi connectivity index (χ0v) is 16.5. The Hall–Kier alpha value is -2.77. The maximum absolute atomic E-state index is 12.4. The predicted octanol–water partition coefficient (Wildman–Crippen LogP) is 1.86. The lowest BCUT2D eigenvalue weighted by molar-refractivity contribution is -0.177. The maximum Gasteiger partial charge on any atom is 0.408 e. The van der Waals surface area contributed by atoms with E-state index in [0.717, 1.165) is 11.1 Å². The number of esters is 1. The van der Waals surface area contributed by atoms with E-state index in [0.29, 0.717) is 0 Å². The standard InChI is InChI=1S/C20H22NO7P/c22-15-28-29(25)12-11-18(19(23)26-13-16-7-3-1-4-8-16)21-20(24)27-14-17-9-5-2-6-10-17/h1-10,12,18,22H,11,13-15H2,(H,21,24)/t18-/m0/s1. The van der Waals surface area contributed by atoms with Gasteiger partial charge in [-0.2, -0.15) is 4.52 Å². The highest BCUT2D eigenvalue weighted by molar-refractivity contribution is 7.44. The second-order valence-electron chi connectivity index (χ2n) is 5.81. The van der Waals surface area contributed by atoms with Gasteiger partial charge in [0.1, 0.15) is 25.1 Å². The van der Waals surface area contributed by atoms with E-state index in [1.165, 1.54) is 5.80 Å². The smallest absolute Gasteiger partial charge is 0.408 e. The first kappa shape index (κ1) is 22.5. The lowest BCUT2D eigenvalue weighted by Gasteiger charge is -2.16. The summed E-state index contributed by atoms with van der Waals surface area (Å²) in [6.07, 6.45) is -0.939. The Labute approximate surface area is 169 Å². The molecular formula is C20H22NO7P. The van der Waals surface area contributed by atoms with Crippen molar-refractivity contribution in [1.29, 1.82) is 0 Å². The first-order chi connectivity index (χ1) is 14.1. The molecular weight excluding hydrogens is 397 g/mol. The number of carbonyl (C=O) groups excluding carboxylic acids is 2. The van der Waals surface area contributed by atoms with Crippen molar-refractivity contribution in [3.05, 3.63) is 71.8 Å². The summed E-state index contributed by atoms with van der Waals surface area (Å²) in [5.74, 6) is 0.464. The third kappa shape index (κ3) is 8.85. The molecule has 0 aliphatic carbocycles. The Bertz CT molecular complexity index is 799. The normalized spacial score (nSPS) is 12.1. The topological polar surface area (TPSA) is 117 Å². The molecule has 2 rings (SSSR count). The molecule has 9 heteroatoms. The fourth-order valence-electron chi connectivity index (χ4n) is 2.25. The van der Waals surface area contributed by atoms with Gasteiger partial charge in [0, 0.05) is 6.42 Å². The molecule has 1 unspecified atom stereocenters. The van der Waals surface area contributed by atoms with Gasteiger partial charge in [-0.15, -0.1) is 0 Å². The number of carbonyl (C=O) groups is 2. The van der Waals surface area contributed by atoms with Crippen molar-refractivity contribution in [2.75, 3.05) is 6.79 Å². The minimum atomic E-state index is -2.28. The minimum Gasteiger partial charge on any atom is -0.603 e. The first-order valence-electron chi connectivity index (χ1n) is 8.79. The van der Waals surface area contributed by atoms with E-state index in [1.807, 2.05) is 36.4 Å². The summed E-state index contributed by atoms with van der Waals surface area (Å²) < 4.78 is 14.9. The summed E-state index contributed by atoms with van der Waals surface area (Å²) in [5, 5.41) is 11.0. The number of aliphatic hydroxyl groups excluding tert-OH is 1. The molecule has 2 aromatic carbocycles. The van der Waals surface area contributed by atoms with Crippen LogP contribution in [0.3, 0.4) is 0 Å². The summed E-state index contributed by atoms with van der Waals surface area (Å²) in [4.78, 5) is 36.0. The van der Waals surface area contributed by atoms with Crippen LogP contribution >= 0.6 is 8.00 Å². The SMILES string of the molecule is O=C(N[C@@H](CC=[P+]([O-])OCO)C(=O)OCc1ccccc1)OCc1ccccc1. The first-order valence-corrected chi connectivity index (χ1v) is 10.0. The molecule has 0 saturated heterocycles. The average molecular weight is 419 g/mol. The van der Waals surface area contributed by atoms with Gasteiger partial charge in [-0.25, -0.2) is 9.59 Å². The molecule has 0 aliphatic heterocycles. The summed E-state index contributed by atoms with van der Waals surface area (Å²) >= 11 is 0. The zero-order chi connectivity index (χ0) is 20.9. The molecule has 0 saturated carbocycles. The van der Waals surface area contributed by atoms with E-state index in [9.17, 15) is 14.5 Å². The number of amides is 1. The third-order valence-corrected chi connectivity index (χ3v) is 4.57. The van der Waals surface area contributed by atoms with Crippen molar-refractivity contribution < 1.29 is 33.6 Å². The average Bonchev–Trinajstić information content (AvgIpc) is 2.75. The van der Waals surface area contributed by atoms with E-state index in [-0.39, 0.29) is 19.6 Å². The number of benzene rings is 2. The lowest BCUT2D eigenvalue weighted by Crippen LogP contribution is -2.42. The number of nitrogens with one attached hydrogen (secondary N) is 1. The fraction of sp³-hybridized carbons (Fsp3) is 0.250. The molecule has 2 atom stereocenters. The van der Waals surface area contributed by atoms with Gasteiger partial charge in [0.2, 0.25) is 8.00 Å². The summed E-state index contributed by atoms with van der Waals surface area (Å²) in [6.45, 7) is -0.665. The monoisotopic (exact) mass is 419 g/mol. The molecule has 0 fully saturated rings. The third-order valence-electron chi connectivity index (χ3n) is 3.69. The van der Waals surface area contributed by atoms with Crippen LogP contribution in [0.2, 0.25) is 0 Å². The highest BCUT2D eigenvalue weighted by Crippen LogP contribution is 2.12. The largest absolute Gasteiger partial charge is 0.603 e. The van der Waals surface area contributed by atoms with Crippen LogP contribution in [-0.2, 0) is 32.0 Å². The van der Waals surface area contributed by atoms with Crippen LogP contribution < -0.4 is 10.2 Å². The van der Waals surface area contributed by atoms with Gasteiger partial charge in [0.25, 0.3) is 0 Å². The van der Waals surface area contributed by atoms with Crippen molar-refractivity contribution in [1.82, 2.24) is 5.32 Å².